The van der Waals surface area contributed by atoms with Gasteiger partial charge in [0.2, 0.25) is 0 Å². The van der Waals surface area contributed by atoms with E-state index in [1.54, 1.807) is 22.7 Å². The number of esters is 1. The van der Waals surface area contributed by atoms with Crippen LogP contribution in [0.25, 0.3) is 29.7 Å². The Morgan fingerprint density at radius 3 is 2.62 bits per heavy atom. The van der Waals surface area contributed by atoms with Crippen molar-refractivity contribution in [3.8, 4) is 19.6 Å². The maximum Gasteiger partial charge on any atom is 0.350 e. The normalized spacial score (nSPS) is 11.2. The molecule has 0 aliphatic heterocycles. The van der Waals surface area contributed by atoms with E-state index in [-0.39, 0.29) is 5.97 Å². The molecule has 0 fully saturated rings. The highest BCUT2D eigenvalue weighted by molar-refractivity contribution is 7.28. The number of carbonyl (C=O) groups is 1. The lowest BCUT2D eigenvalue weighted by Gasteiger charge is -1.97. The summed E-state index contributed by atoms with van der Waals surface area (Å²) < 4.78 is 6.41. The Hall–Kier alpha value is -2.02. The van der Waals surface area contributed by atoms with Gasteiger partial charge in [0.05, 0.1) is 17.2 Å². The van der Waals surface area contributed by atoms with Crippen molar-refractivity contribution >= 4 is 50.1 Å². The molecule has 132 valence electrons. The molecule has 3 aromatic heterocycles. The summed E-state index contributed by atoms with van der Waals surface area (Å²) in [5, 5.41) is 2.16. The zero-order valence-corrected chi connectivity index (χ0v) is 17.1. The second kappa shape index (κ2) is 6.95. The first-order valence-corrected chi connectivity index (χ1v) is 10.8. The highest BCUT2D eigenvalue weighted by Crippen LogP contribution is 2.41. The van der Waals surface area contributed by atoms with Gasteiger partial charge in [-0.25, -0.2) is 9.78 Å². The van der Waals surface area contributed by atoms with Gasteiger partial charge in [0.1, 0.15) is 9.88 Å². The van der Waals surface area contributed by atoms with E-state index in [4.69, 9.17) is 4.74 Å². The van der Waals surface area contributed by atoms with Crippen molar-refractivity contribution in [2.75, 3.05) is 6.61 Å². The van der Waals surface area contributed by atoms with Crippen LogP contribution in [0.1, 0.15) is 27.9 Å². The number of ether oxygens (including phenoxy) is 1. The molecule has 0 N–H and O–H groups in total. The fourth-order valence-corrected chi connectivity index (χ4v) is 5.90. The zero-order chi connectivity index (χ0) is 18.3. The smallest absolute Gasteiger partial charge is 0.350 e. The van der Waals surface area contributed by atoms with E-state index >= 15 is 0 Å². The third-order valence-electron chi connectivity index (χ3n) is 3.99. The number of thiophene rings is 2. The standard InChI is InChI=1S/C20H17NO2S3/c1-4-23-20(22)18-12(3)21-19(26-18)16-8-7-15(25-16)17-10-13-9-11(2)5-6-14(13)24-17/h5-10H,4H2,1-3H3. The largest absolute Gasteiger partial charge is 0.462 e. The molecule has 26 heavy (non-hydrogen) atoms. The van der Waals surface area contributed by atoms with Gasteiger partial charge >= 0.3 is 5.97 Å². The van der Waals surface area contributed by atoms with Gasteiger partial charge in [0, 0.05) is 14.5 Å². The first kappa shape index (κ1) is 17.4. The predicted octanol–water partition coefficient (Wildman–Crippen LogP) is 6.55. The Kier molecular flexibility index (Phi) is 4.65. The quantitative estimate of drug-likeness (QED) is 0.365. The van der Waals surface area contributed by atoms with Gasteiger partial charge in [-0.1, -0.05) is 17.7 Å². The Labute approximate surface area is 163 Å². The topological polar surface area (TPSA) is 39.2 Å². The number of carbonyl (C=O) groups excluding carboxylic acids is 1. The van der Waals surface area contributed by atoms with Gasteiger partial charge in [0.25, 0.3) is 0 Å². The van der Waals surface area contributed by atoms with Gasteiger partial charge in [0.15, 0.2) is 0 Å². The lowest BCUT2D eigenvalue weighted by Crippen LogP contribution is -2.03. The Bertz CT molecular complexity index is 1100. The molecule has 3 nitrogen and oxygen atoms in total. The minimum Gasteiger partial charge on any atom is -0.462 e. The predicted molar refractivity (Wildman–Crippen MR) is 112 cm³/mol. The first-order chi connectivity index (χ1) is 12.5. The number of thiazole rings is 1. The Balaban J connectivity index is 1.67. The number of benzene rings is 1. The highest BCUT2D eigenvalue weighted by atomic mass is 32.1. The molecule has 3 heterocycles. The van der Waals surface area contributed by atoms with E-state index in [1.165, 1.54) is 36.7 Å². The number of aromatic nitrogens is 1. The monoisotopic (exact) mass is 399 g/mol. The fraction of sp³-hybridized carbons (Fsp3) is 0.200. The molecule has 4 rings (SSSR count). The molecular formula is C20H17NO2S3. The van der Waals surface area contributed by atoms with Crippen LogP contribution in [0.5, 0.6) is 0 Å². The van der Waals surface area contributed by atoms with Gasteiger partial charge in [-0.15, -0.1) is 34.0 Å². The molecule has 0 amide bonds. The van der Waals surface area contributed by atoms with E-state index < -0.39 is 0 Å². The van der Waals surface area contributed by atoms with Crippen molar-refractivity contribution in [1.82, 2.24) is 4.98 Å². The van der Waals surface area contributed by atoms with Crippen molar-refractivity contribution in [3.05, 3.63) is 52.5 Å². The highest BCUT2D eigenvalue weighted by Gasteiger charge is 2.18. The maximum absolute atomic E-state index is 12.0. The van der Waals surface area contributed by atoms with Crippen LogP contribution >= 0.6 is 34.0 Å². The zero-order valence-electron chi connectivity index (χ0n) is 14.7. The Morgan fingerprint density at radius 2 is 1.81 bits per heavy atom. The summed E-state index contributed by atoms with van der Waals surface area (Å²) in [6.07, 6.45) is 0. The molecule has 0 saturated heterocycles. The van der Waals surface area contributed by atoms with Crippen molar-refractivity contribution in [2.24, 2.45) is 0 Å². The molecule has 0 saturated carbocycles. The fourth-order valence-electron chi connectivity index (χ4n) is 2.76. The van der Waals surface area contributed by atoms with Gasteiger partial charge in [-0.3, -0.25) is 0 Å². The van der Waals surface area contributed by atoms with Gasteiger partial charge < -0.3 is 4.74 Å². The van der Waals surface area contributed by atoms with Crippen molar-refractivity contribution in [1.29, 1.82) is 0 Å². The van der Waals surface area contributed by atoms with Crippen LogP contribution in [0, 0.1) is 13.8 Å². The first-order valence-electron chi connectivity index (χ1n) is 8.30. The van der Waals surface area contributed by atoms with Crippen LogP contribution < -0.4 is 0 Å². The number of aryl methyl sites for hydroxylation is 2. The average molecular weight is 400 g/mol. The van der Waals surface area contributed by atoms with E-state index in [1.807, 2.05) is 13.8 Å². The van der Waals surface area contributed by atoms with Gasteiger partial charge in [-0.05, 0) is 50.4 Å². The third kappa shape index (κ3) is 3.20. The molecule has 0 spiro atoms. The Morgan fingerprint density at radius 1 is 1.00 bits per heavy atom. The minimum atomic E-state index is -0.287. The van der Waals surface area contributed by atoms with Crippen LogP contribution in [-0.2, 0) is 4.74 Å². The molecule has 0 radical (unpaired) electrons. The van der Waals surface area contributed by atoms with Crippen molar-refractivity contribution in [3.63, 3.8) is 0 Å². The summed E-state index contributed by atoms with van der Waals surface area (Å²) in [5.41, 5.74) is 2.01. The summed E-state index contributed by atoms with van der Waals surface area (Å²) >= 11 is 4.92. The minimum absolute atomic E-state index is 0.287. The van der Waals surface area contributed by atoms with Crippen LogP contribution in [0.4, 0.5) is 0 Å². The van der Waals surface area contributed by atoms with Crippen LogP contribution in [0.15, 0.2) is 36.4 Å². The van der Waals surface area contributed by atoms with E-state index in [2.05, 4.69) is 48.3 Å². The van der Waals surface area contributed by atoms with Crippen LogP contribution in [-0.4, -0.2) is 17.6 Å². The summed E-state index contributed by atoms with van der Waals surface area (Å²) in [6.45, 7) is 6.16. The van der Waals surface area contributed by atoms with Crippen LogP contribution in [0.3, 0.4) is 0 Å². The van der Waals surface area contributed by atoms with E-state index in [9.17, 15) is 4.79 Å². The molecule has 0 aliphatic rings. The molecule has 0 aliphatic carbocycles. The molecule has 0 bridgehead atoms. The van der Waals surface area contributed by atoms with E-state index in [0.29, 0.717) is 11.5 Å². The lowest BCUT2D eigenvalue weighted by atomic mass is 10.2. The number of rotatable bonds is 4. The molecule has 0 atom stereocenters. The van der Waals surface area contributed by atoms with Crippen molar-refractivity contribution in [2.45, 2.75) is 20.8 Å². The molecule has 4 aromatic rings. The molecule has 6 heteroatoms. The number of hydrogen-bond acceptors (Lipinski definition) is 6. The summed E-state index contributed by atoms with van der Waals surface area (Å²) in [5.74, 6) is -0.287. The maximum atomic E-state index is 12.0. The van der Waals surface area contributed by atoms with Crippen molar-refractivity contribution < 1.29 is 9.53 Å². The summed E-state index contributed by atoms with van der Waals surface area (Å²) in [4.78, 5) is 20.8. The molecular weight excluding hydrogens is 382 g/mol. The molecule has 1 aromatic carbocycles. The summed E-state index contributed by atoms with van der Waals surface area (Å²) in [7, 11) is 0. The van der Waals surface area contributed by atoms with E-state index in [0.717, 1.165) is 15.6 Å². The third-order valence-corrected chi connectivity index (χ3v) is 7.69. The molecule has 0 unspecified atom stereocenters. The number of fused-ring (bicyclic) bond motifs is 1. The average Bonchev–Trinajstić information content (AvgIpc) is 3.31. The second-order valence-corrected chi connectivity index (χ2v) is 9.14. The second-order valence-electron chi connectivity index (χ2n) is 5.97. The number of hydrogen-bond donors (Lipinski definition) is 0. The number of nitrogens with zero attached hydrogens (tertiary/aromatic N) is 1. The summed E-state index contributed by atoms with van der Waals surface area (Å²) in [6, 6.07) is 13.0. The van der Waals surface area contributed by atoms with Gasteiger partial charge in [-0.2, -0.15) is 0 Å². The SMILES string of the molecule is CCOC(=O)c1sc(-c2ccc(-c3cc4cc(C)ccc4s3)s2)nc1C. The lowest BCUT2D eigenvalue weighted by molar-refractivity contribution is 0.0531. The van der Waals surface area contributed by atoms with Crippen LogP contribution in [0.2, 0.25) is 0 Å².